The molecular weight excluding hydrogens is 284 g/mol. The van der Waals surface area contributed by atoms with Crippen LogP contribution in [0.5, 0.6) is 0 Å². The van der Waals surface area contributed by atoms with Crippen molar-refractivity contribution in [3.8, 4) is 22.6 Å². The Labute approximate surface area is 137 Å². The Morgan fingerprint density at radius 2 is 1.57 bits per heavy atom. The van der Waals surface area contributed by atoms with E-state index in [0.717, 1.165) is 28.0 Å². The number of anilines is 1. The molecule has 0 unspecified atom stereocenters. The molecule has 1 aliphatic heterocycles. The number of aryl methyl sites for hydroxylation is 1. The van der Waals surface area contributed by atoms with E-state index in [1.54, 1.807) is 0 Å². The number of hydrogen-bond acceptors (Lipinski definition) is 2. The van der Waals surface area contributed by atoms with Crippen LogP contribution in [-0.4, -0.2) is 28.2 Å². The van der Waals surface area contributed by atoms with E-state index in [2.05, 4.69) is 64.9 Å². The number of benzene rings is 2. The Morgan fingerprint density at radius 3 is 2.17 bits per heavy atom. The molecule has 0 amide bonds. The van der Waals surface area contributed by atoms with E-state index in [-0.39, 0.29) is 0 Å². The first-order valence-corrected chi connectivity index (χ1v) is 7.78. The summed E-state index contributed by atoms with van der Waals surface area (Å²) in [5.74, 6) is 1.82. The number of fused-ring (bicyclic) bond motifs is 1. The predicted octanol–water partition coefficient (Wildman–Crippen LogP) is 3.46. The van der Waals surface area contributed by atoms with Crippen molar-refractivity contribution in [2.45, 2.75) is 6.92 Å². The maximum absolute atomic E-state index is 6.18. The van der Waals surface area contributed by atoms with E-state index in [1.165, 1.54) is 11.3 Å². The molecule has 118 valence electrons. The van der Waals surface area contributed by atoms with Crippen LogP contribution in [0.4, 0.5) is 5.69 Å². The standard InChI is InChI=1S/C20H23N2O/c1-14-12-19(15-6-8-16(9-7-15)21(2)3)23-20-13-17(22(4)5)10-11-18(14)20/h6-13H,1-5H3/q+1. The first kappa shape index (κ1) is 15.3. The molecule has 0 aromatic heterocycles. The Balaban J connectivity index is 2.15. The second-order valence-corrected chi connectivity index (χ2v) is 6.31. The highest BCUT2D eigenvalue weighted by atomic mass is 16.3. The number of nitrogens with zero attached hydrogens (tertiary/aromatic N) is 2. The van der Waals surface area contributed by atoms with Gasteiger partial charge >= 0.3 is 0 Å². The van der Waals surface area contributed by atoms with Gasteiger partial charge in [0.15, 0.2) is 0 Å². The lowest BCUT2D eigenvalue weighted by Crippen LogP contribution is -2.21. The molecule has 0 N–H and O–H groups in total. The SMILES string of the molecule is Cc1cc(-c2ccc(N(C)C)cc2)oc2cc(=[N+](C)C)ccc1-2. The van der Waals surface area contributed by atoms with Crippen LogP contribution in [0.15, 0.2) is 52.9 Å². The zero-order chi connectivity index (χ0) is 16.6. The first-order chi connectivity index (χ1) is 11.0. The van der Waals surface area contributed by atoms with Crippen molar-refractivity contribution < 1.29 is 4.42 Å². The topological polar surface area (TPSA) is 19.4 Å². The summed E-state index contributed by atoms with van der Waals surface area (Å²) in [5.41, 5.74) is 4.66. The predicted molar refractivity (Wildman–Crippen MR) is 96.9 cm³/mol. The summed E-state index contributed by atoms with van der Waals surface area (Å²) in [6, 6.07) is 16.9. The van der Waals surface area contributed by atoms with Gasteiger partial charge in [0.25, 0.3) is 0 Å². The van der Waals surface area contributed by atoms with Gasteiger partial charge in [0, 0.05) is 37.0 Å². The summed E-state index contributed by atoms with van der Waals surface area (Å²) < 4.78 is 8.27. The van der Waals surface area contributed by atoms with Gasteiger partial charge in [0.1, 0.15) is 25.6 Å². The second kappa shape index (κ2) is 5.92. The molecule has 0 saturated carbocycles. The molecule has 0 bridgehead atoms. The zero-order valence-corrected chi connectivity index (χ0v) is 14.4. The van der Waals surface area contributed by atoms with E-state index in [4.69, 9.17) is 4.42 Å². The maximum Gasteiger partial charge on any atom is 0.203 e. The fourth-order valence-electron chi connectivity index (χ4n) is 2.69. The smallest absolute Gasteiger partial charge is 0.203 e. The lowest BCUT2D eigenvalue weighted by molar-refractivity contribution is 0.577. The van der Waals surface area contributed by atoms with Crippen LogP contribution in [-0.2, 0) is 0 Å². The van der Waals surface area contributed by atoms with E-state index in [1.807, 2.05) is 28.2 Å². The third-order valence-electron chi connectivity index (χ3n) is 4.14. The first-order valence-electron chi connectivity index (χ1n) is 7.78. The minimum absolute atomic E-state index is 0.899. The fraction of sp³-hybridized carbons (Fsp3) is 0.250. The lowest BCUT2D eigenvalue weighted by atomic mass is 10.0. The van der Waals surface area contributed by atoms with Crippen LogP contribution in [0.25, 0.3) is 22.6 Å². The molecule has 23 heavy (non-hydrogen) atoms. The van der Waals surface area contributed by atoms with Gasteiger partial charge in [-0.25, -0.2) is 4.58 Å². The van der Waals surface area contributed by atoms with Crippen molar-refractivity contribution in [3.63, 3.8) is 0 Å². The van der Waals surface area contributed by atoms with Crippen molar-refractivity contribution in [3.05, 3.63) is 59.5 Å². The summed E-state index contributed by atoms with van der Waals surface area (Å²) in [4.78, 5) is 2.09. The summed E-state index contributed by atoms with van der Waals surface area (Å²) >= 11 is 0. The Bertz CT molecular complexity index is 869. The second-order valence-electron chi connectivity index (χ2n) is 6.31. The van der Waals surface area contributed by atoms with Gasteiger partial charge in [-0.3, -0.25) is 0 Å². The Hall–Kier alpha value is -2.55. The van der Waals surface area contributed by atoms with Crippen molar-refractivity contribution >= 4 is 5.69 Å². The van der Waals surface area contributed by atoms with Crippen molar-refractivity contribution in [2.24, 2.45) is 0 Å². The van der Waals surface area contributed by atoms with E-state index in [9.17, 15) is 0 Å². The third-order valence-corrected chi connectivity index (χ3v) is 4.14. The molecular formula is C20H23N2O+. The Kier molecular flexibility index (Phi) is 3.95. The van der Waals surface area contributed by atoms with Crippen LogP contribution in [0.3, 0.4) is 0 Å². The molecule has 1 aliphatic carbocycles. The van der Waals surface area contributed by atoms with Crippen LogP contribution < -0.4 is 14.8 Å². The monoisotopic (exact) mass is 307 g/mol. The molecule has 1 heterocycles. The average molecular weight is 307 g/mol. The van der Waals surface area contributed by atoms with Crippen molar-refractivity contribution in [1.82, 2.24) is 4.58 Å². The highest BCUT2D eigenvalue weighted by molar-refractivity contribution is 5.69. The molecule has 0 radical (unpaired) electrons. The van der Waals surface area contributed by atoms with Gasteiger partial charge < -0.3 is 9.32 Å². The van der Waals surface area contributed by atoms with Gasteiger partial charge in [0.2, 0.25) is 5.36 Å². The molecule has 3 nitrogen and oxygen atoms in total. The molecule has 0 fully saturated rings. The highest BCUT2D eigenvalue weighted by Crippen LogP contribution is 2.31. The quantitative estimate of drug-likeness (QED) is 0.676. The molecule has 0 saturated heterocycles. The lowest BCUT2D eigenvalue weighted by Gasteiger charge is -2.14. The minimum atomic E-state index is 0.899. The molecule has 3 heteroatoms. The van der Waals surface area contributed by atoms with Gasteiger partial charge in [-0.05, 0) is 48.9 Å². The average Bonchev–Trinajstić information content (AvgIpc) is 2.54. The molecule has 3 rings (SSSR count). The number of rotatable bonds is 2. The summed E-state index contributed by atoms with van der Waals surface area (Å²) in [7, 11) is 8.17. The summed E-state index contributed by atoms with van der Waals surface area (Å²) in [6.45, 7) is 2.13. The molecule has 0 atom stereocenters. The van der Waals surface area contributed by atoms with Gasteiger partial charge in [-0.2, -0.15) is 0 Å². The van der Waals surface area contributed by atoms with Crippen molar-refractivity contribution in [2.75, 3.05) is 33.1 Å². The van der Waals surface area contributed by atoms with E-state index < -0.39 is 0 Å². The zero-order valence-electron chi connectivity index (χ0n) is 14.4. The van der Waals surface area contributed by atoms with Crippen LogP contribution in [0.2, 0.25) is 0 Å². The largest absolute Gasteiger partial charge is 0.456 e. The molecule has 1 aromatic carbocycles. The van der Waals surface area contributed by atoms with E-state index >= 15 is 0 Å². The minimum Gasteiger partial charge on any atom is -0.456 e. The van der Waals surface area contributed by atoms with Gasteiger partial charge in [-0.1, -0.05) is 0 Å². The molecule has 2 aliphatic rings. The Morgan fingerprint density at radius 1 is 0.870 bits per heavy atom. The van der Waals surface area contributed by atoms with Crippen LogP contribution in [0, 0.1) is 6.92 Å². The van der Waals surface area contributed by atoms with E-state index in [0.29, 0.717) is 0 Å². The highest BCUT2D eigenvalue weighted by Gasteiger charge is 2.12. The third kappa shape index (κ3) is 3.00. The summed E-state index contributed by atoms with van der Waals surface area (Å²) in [6.07, 6.45) is 0. The van der Waals surface area contributed by atoms with Crippen molar-refractivity contribution in [1.29, 1.82) is 0 Å². The molecule has 1 aromatic rings. The fourth-order valence-corrected chi connectivity index (χ4v) is 2.69. The summed E-state index contributed by atoms with van der Waals surface area (Å²) in [5, 5.41) is 1.14. The van der Waals surface area contributed by atoms with Gasteiger partial charge in [-0.15, -0.1) is 0 Å². The number of hydrogen-bond donors (Lipinski definition) is 0. The van der Waals surface area contributed by atoms with Crippen LogP contribution >= 0.6 is 0 Å². The maximum atomic E-state index is 6.18. The normalized spacial score (nSPS) is 10.8. The van der Waals surface area contributed by atoms with Crippen LogP contribution in [0.1, 0.15) is 5.56 Å². The van der Waals surface area contributed by atoms with Gasteiger partial charge in [0.05, 0.1) is 6.07 Å². The molecule has 0 spiro atoms.